The Hall–Kier alpha value is -6.42. The first-order valence-corrected chi connectivity index (χ1v) is 27.8. The second-order valence-electron chi connectivity index (χ2n) is 22.0. The minimum Gasteiger partial charge on any atom is -0.758 e. The van der Waals surface area contributed by atoms with E-state index in [9.17, 15) is 28.9 Å². The Morgan fingerprint density at radius 1 is 0.987 bits per heavy atom. The van der Waals surface area contributed by atoms with Gasteiger partial charge < -0.3 is 44.8 Å². The Bertz CT molecular complexity index is 3100. The van der Waals surface area contributed by atoms with Gasteiger partial charge in [0.1, 0.15) is 23.0 Å². The molecular weight excluding hydrogens is 1000 g/mol. The molecule has 77 heavy (non-hydrogen) atoms. The molecule has 2 saturated heterocycles. The molecule has 410 valence electrons. The number of fused-ring (bicyclic) bond motifs is 1. The first-order valence-electron chi connectivity index (χ1n) is 26.7. The molecule has 4 N–H and O–H groups in total. The zero-order valence-corrected chi connectivity index (χ0v) is 45.5. The van der Waals surface area contributed by atoms with Gasteiger partial charge in [0.25, 0.3) is 11.8 Å². The number of piperazine rings is 1. The molecule has 6 aromatic rings. The number of amides is 1. The lowest BCUT2D eigenvalue weighted by atomic mass is 9.59. The van der Waals surface area contributed by atoms with Crippen LogP contribution in [-0.4, -0.2) is 127 Å². The lowest BCUT2D eigenvalue weighted by molar-refractivity contribution is -0.0628. The van der Waals surface area contributed by atoms with E-state index in [1.54, 1.807) is 19.2 Å². The van der Waals surface area contributed by atoms with E-state index in [0.717, 1.165) is 83.5 Å². The van der Waals surface area contributed by atoms with Crippen molar-refractivity contribution in [3.05, 3.63) is 119 Å². The third kappa shape index (κ3) is 11.6. The summed E-state index contributed by atoms with van der Waals surface area (Å²) in [5.74, 6) is -0.0926. The van der Waals surface area contributed by atoms with E-state index in [1.807, 2.05) is 19.2 Å². The summed E-state index contributed by atoms with van der Waals surface area (Å²) in [4.78, 5) is 37.7. The number of hydroxylamine groups is 2. The lowest BCUT2D eigenvalue weighted by Crippen LogP contribution is -2.60. The van der Waals surface area contributed by atoms with Crippen LogP contribution in [0.4, 0.5) is 21.6 Å². The quantitative estimate of drug-likeness (QED) is 0.0495. The molecule has 6 heterocycles. The third-order valence-corrected chi connectivity index (χ3v) is 17.6. The number of ether oxygens (including phenoxy) is 3. The van der Waals surface area contributed by atoms with Crippen LogP contribution in [0.3, 0.4) is 0 Å². The summed E-state index contributed by atoms with van der Waals surface area (Å²) in [6, 6.07) is 21.4. The maximum Gasteiger partial charge on any atom is 0.293 e. The van der Waals surface area contributed by atoms with Crippen LogP contribution in [0.15, 0.2) is 90.2 Å². The second-order valence-corrected chi connectivity index (χ2v) is 23.3. The predicted octanol–water partition coefficient (Wildman–Crippen LogP) is 9.57. The number of carbonyl (C=O) groups is 1. The highest BCUT2D eigenvalue weighted by molar-refractivity contribution is 7.83. The number of piperidine rings is 1. The summed E-state index contributed by atoms with van der Waals surface area (Å²) in [6.45, 7) is 12.1. The number of benzene rings is 2. The van der Waals surface area contributed by atoms with Crippen molar-refractivity contribution < 1.29 is 37.9 Å². The number of carbonyl (C=O) groups excluding carboxylic acids is 1. The normalized spacial score (nSPS) is 21.5. The number of halogens is 1. The number of aromatic nitrogens is 4. The topological polar surface area (TPSA) is 208 Å². The third-order valence-electron chi connectivity index (χ3n) is 16.5. The van der Waals surface area contributed by atoms with E-state index >= 15 is 0 Å². The predicted molar refractivity (Wildman–Crippen MR) is 294 cm³/mol. The van der Waals surface area contributed by atoms with Crippen LogP contribution in [0.25, 0.3) is 11.0 Å². The molecule has 1 spiro atoms. The van der Waals surface area contributed by atoms with Gasteiger partial charge in [0.05, 0.1) is 41.4 Å². The number of anilines is 3. The van der Waals surface area contributed by atoms with E-state index in [4.69, 9.17) is 14.2 Å². The van der Waals surface area contributed by atoms with Crippen LogP contribution in [-0.2, 0) is 17.5 Å². The van der Waals surface area contributed by atoms with Crippen LogP contribution in [0.1, 0.15) is 111 Å². The average Bonchev–Trinajstić information content (AvgIpc) is 3.81. The molecule has 1 unspecified atom stereocenters. The van der Waals surface area contributed by atoms with E-state index < -0.39 is 28.3 Å². The lowest BCUT2D eigenvalue weighted by Gasteiger charge is -2.58. The molecule has 20 heteroatoms. The average molecular weight is 1070 g/mol. The van der Waals surface area contributed by atoms with Crippen molar-refractivity contribution in [1.82, 2.24) is 34.2 Å². The van der Waals surface area contributed by atoms with Gasteiger partial charge in [-0.1, -0.05) is 38.1 Å². The standard InChI is InChI=1S/C57H70FN10O8S/c1-36(2)42-9-7-8-10-43(42)48-35-65(34-38-15-20-59-51(25-38)74-5)23-24-67(48)40-29-57(30-40)18-21-66(22-19-57)39-11-12-44(49(26-39)76-50-28-45-46(58)33-62-52(45)63-54(50)75-6)55(69)68(72)77(73)41-27-47(64(4)71)53(61-32-41)60-31-37-13-16-56(3,70)17-14-37/h7-12,15,20,25-28,32-33,36-37,40,48,70,72H,13-14,16-19,21-24,29-31,34-35H2,1-6H3,(H,60,61)(H,62,63)/q-1/t37?,48-,56?,77?/m0/s1. The van der Waals surface area contributed by atoms with Crippen molar-refractivity contribution in [2.24, 2.45) is 11.3 Å². The van der Waals surface area contributed by atoms with Crippen molar-refractivity contribution in [2.45, 2.75) is 107 Å². The van der Waals surface area contributed by atoms with Crippen LogP contribution in [0, 0.1) is 22.4 Å². The molecule has 4 aliphatic rings. The van der Waals surface area contributed by atoms with Crippen molar-refractivity contribution in [2.75, 3.05) is 75.8 Å². The fourth-order valence-electron chi connectivity index (χ4n) is 12.0. The molecule has 4 fully saturated rings. The zero-order valence-electron chi connectivity index (χ0n) is 44.7. The van der Waals surface area contributed by atoms with Crippen LogP contribution >= 0.6 is 0 Å². The number of rotatable bonds is 17. The van der Waals surface area contributed by atoms with Crippen LogP contribution in [0.2, 0.25) is 0 Å². The molecule has 4 aromatic heterocycles. The minimum atomic E-state index is -2.55. The van der Waals surface area contributed by atoms with E-state index in [0.29, 0.717) is 42.3 Å². The highest BCUT2D eigenvalue weighted by Gasteiger charge is 2.50. The fourth-order valence-corrected chi connectivity index (χ4v) is 12.8. The van der Waals surface area contributed by atoms with Gasteiger partial charge in [0, 0.05) is 100 Å². The SMILES string of the molecule is COc1cc(CN2CCN(C3CC4(CCN(c5ccc(C(=O)N(O)S(=O)c6cnc(NCC7CCC(C)(O)CC7)c(N(C)[O-])c6)c(Oc6cc7c(F)c[nH]c7nc6OC)c5)CC4)C3)[C@H](c3ccccc3C(C)C)C2)ccn1. The van der Waals surface area contributed by atoms with Gasteiger partial charge in [0.2, 0.25) is 5.88 Å². The number of aromatic amines is 1. The maximum atomic E-state index is 15.0. The highest BCUT2D eigenvalue weighted by atomic mass is 32.2. The molecule has 18 nitrogen and oxygen atoms in total. The second kappa shape index (κ2) is 22.5. The van der Waals surface area contributed by atoms with Gasteiger partial charge in [-0.2, -0.15) is 4.98 Å². The molecule has 0 radical (unpaired) electrons. The maximum absolute atomic E-state index is 15.0. The van der Waals surface area contributed by atoms with Gasteiger partial charge in [-0.15, -0.1) is 4.47 Å². The molecule has 2 aliphatic carbocycles. The minimum absolute atomic E-state index is 0.00944. The number of hydrogen-bond acceptors (Lipinski definition) is 16. The number of methoxy groups -OCH3 is 2. The molecule has 0 bridgehead atoms. The van der Waals surface area contributed by atoms with Crippen LogP contribution in [0.5, 0.6) is 23.3 Å². The van der Waals surface area contributed by atoms with Gasteiger partial charge >= 0.3 is 0 Å². The Labute approximate surface area is 451 Å². The Kier molecular flexibility index (Phi) is 15.8. The van der Waals surface area contributed by atoms with Gasteiger partial charge in [-0.25, -0.2) is 18.6 Å². The Morgan fingerprint density at radius 2 is 1.75 bits per heavy atom. The number of nitrogens with zero attached hydrogens (tertiary/aromatic N) is 8. The monoisotopic (exact) mass is 1070 g/mol. The smallest absolute Gasteiger partial charge is 0.293 e. The summed E-state index contributed by atoms with van der Waals surface area (Å²) >= 11 is 0. The number of H-pyrrole nitrogens is 1. The summed E-state index contributed by atoms with van der Waals surface area (Å²) in [6.07, 6.45) is 11.3. The molecule has 2 aromatic carbocycles. The fraction of sp³-hybridized carbons (Fsp3) is 0.474. The van der Waals surface area contributed by atoms with Crippen LogP contribution < -0.4 is 29.5 Å². The van der Waals surface area contributed by atoms with Gasteiger partial charge in [-0.05, 0) is 124 Å². The first-order chi connectivity index (χ1) is 37.0. The van der Waals surface area contributed by atoms with Crippen molar-refractivity contribution in [3.63, 3.8) is 0 Å². The molecular formula is C57H70FN10O8S-. The summed E-state index contributed by atoms with van der Waals surface area (Å²) in [5, 5.41) is 38.6. The van der Waals surface area contributed by atoms with E-state index in [1.165, 1.54) is 61.4 Å². The number of nitrogens with one attached hydrogen (secondary N) is 2. The summed E-state index contributed by atoms with van der Waals surface area (Å²) in [7, 11) is 1.78. The van der Waals surface area contributed by atoms with Gasteiger partial charge in [-0.3, -0.25) is 19.8 Å². The molecule has 1 amide bonds. The van der Waals surface area contributed by atoms with E-state index in [2.05, 4.69) is 84.1 Å². The number of hydrogen-bond donors (Lipinski definition) is 4. The van der Waals surface area contributed by atoms with Crippen molar-refractivity contribution in [1.29, 1.82) is 0 Å². The Morgan fingerprint density at radius 3 is 2.48 bits per heavy atom. The summed E-state index contributed by atoms with van der Waals surface area (Å²) in [5.41, 5.74) is 4.38. The van der Waals surface area contributed by atoms with Crippen molar-refractivity contribution in [3.8, 4) is 23.3 Å². The summed E-state index contributed by atoms with van der Waals surface area (Å²) < 4.78 is 46.5. The number of pyridine rings is 3. The molecule has 10 rings (SSSR count). The van der Waals surface area contributed by atoms with Gasteiger partial charge in [0.15, 0.2) is 16.7 Å². The first kappa shape index (κ1) is 54.0. The molecule has 2 aliphatic heterocycles. The molecule has 2 saturated carbocycles. The number of aliphatic hydroxyl groups is 1. The highest BCUT2D eigenvalue weighted by Crippen LogP contribution is 2.54. The largest absolute Gasteiger partial charge is 0.758 e. The molecule has 2 atom stereocenters. The Balaban J connectivity index is 0.857. The zero-order chi connectivity index (χ0) is 54.2. The van der Waals surface area contributed by atoms with Crippen molar-refractivity contribution >= 4 is 45.1 Å². The van der Waals surface area contributed by atoms with E-state index in [-0.39, 0.29) is 72.2 Å².